The highest BCUT2D eigenvalue weighted by molar-refractivity contribution is 5.78. The van der Waals surface area contributed by atoms with Crippen LogP contribution in [0, 0.1) is 5.92 Å². The number of nitrogens with one attached hydrogen (secondary N) is 1. The van der Waals surface area contributed by atoms with Crippen molar-refractivity contribution in [2.75, 3.05) is 39.8 Å². The molecule has 1 aliphatic heterocycles. The molecule has 4 nitrogen and oxygen atoms in total. The Hall–Kier alpha value is -0.610. The first-order valence-corrected chi connectivity index (χ1v) is 7.39. The lowest BCUT2D eigenvalue weighted by Crippen LogP contribution is -2.43. The van der Waals surface area contributed by atoms with Crippen LogP contribution < -0.4 is 5.32 Å². The molecule has 1 saturated heterocycles. The number of amides is 1. The maximum absolute atomic E-state index is 12.1. The van der Waals surface area contributed by atoms with Crippen molar-refractivity contribution in [3.8, 4) is 0 Å². The van der Waals surface area contributed by atoms with Crippen molar-refractivity contribution in [2.45, 2.75) is 38.6 Å². The van der Waals surface area contributed by atoms with E-state index in [0.29, 0.717) is 18.5 Å². The van der Waals surface area contributed by atoms with Gasteiger partial charge in [-0.1, -0.05) is 6.92 Å². The highest BCUT2D eigenvalue weighted by Crippen LogP contribution is 2.25. The number of hydrogen-bond acceptors (Lipinski definition) is 3. The van der Waals surface area contributed by atoms with Gasteiger partial charge in [0.2, 0.25) is 5.91 Å². The van der Waals surface area contributed by atoms with E-state index in [-0.39, 0.29) is 0 Å². The molecule has 18 heavy (non-hydrogen) atoms. The summed E-state index contributed by atoms with van der Waals surface area (Å²) in [6, 6.07) is 0.535. The molecule has 1 N–H and O–H groups in total. The number of hydrogen-bond donors (Lipinski definition) is 1. The predicted octanol–water partition coefficient (Wildman–Crippen LogP) is 0.929. The molecule has 0 spiro atoms. The lowest BCUT2D eigenvalue weighted by Gasteiger charge is -2.30. The van der Waals surface area contributed by atoms with E-state index in [2.05, 4.69) is 17.1 Å². The van der Waals surface area contributed by atoms with Gasteiger partial charge in [0.25, 0.3) is 0 Å². The summed E-state index contributed by atoms with van der Waals surface area (Å²) in [7, 11) is 1.95. The largest absolute Gasteiger partial charge is 0.342 e. The number of carbonyl (C=O) groups excluding carboxylic acids is 1. The monoisotopic (exact) mass is 253 g/mol. The van der Waals surface area contributed by atoms with Crippen LogP contribution in [0.25, 0.3) is 0 Å². The minimum atomic E-state index is 0.295. The van der Waals surface area contributed by atoms with Crippen molar-refractivity contribution in [1.29, 1.82) is 0 Å². The summed E-state index contributed by atoms with van der Waals surface area (Å²) < 4.78 is 0. The zero-order valence-electron chi connectivity index (χ0n) is 11.8. The van der Waals surface area contributed by atoms with E-state index in [9.17, 15) is 4.79 Å². The summed E-state index contributed by atoms with van der Waals surface area (Å²) in [6.45, 7) is 7.06. The number of carbonyl (C=O) groups is 1. The highest BCUT2D eigenvalue weighted by atomic mass is 16.2. The van der Waals surface area contributed by atoms with Crippen LogP contribution in [0.2, 0.25) is 0 Å². The molecule has 0 aromatic rings. The Morgan fingerprint density at radius 1 is 1.33 bits per heavy atom. The molecule has 0 aromatic carbocycles. The smallest absolute Gasteiger partial charge is 0.236 e. The zero-order chi connectivity index (χ0) is 13.0. The van der Waals surface area contributed by atoms with Gasteiger partial charge in [0.1, 0.15) is 0 Å². The molecule has 2 rings (SSSR count). The lowest BCUT2D eigenvalue weighted by molar-refractivity contribution is -0.131. The maximum atomic E-state index is 12.1. The molecule has 1 unspecified atom stereocenters. The third-order valence-electron chi connectivity index (χ3n) is 4.21. The van der Waals surface area contributed by atoms with Gasteiger partial charge < -0.3 is 10.2 Å². The van der Waals surface area contributed by atoms with Crippen LogP contribution in [0.4, 0.5) is 0 Å². The van der Waals surface area contributed by atoms with Gasteiger partial charge in [0.05, 0.1) is 6.54 Å². The summed E-state index contributed by atoms with van der Waals surface area (Å²) in [4.78, 5) is 16.4. The molecule has 0 bridgehead atoms. The molecule has 1 amide bonds. The minimum absolute atomic E-state index is 0.295. The summed E-state index contributed by atoms with van der Waals surface area (Å²) in [5, 5.41) is 3.45. The van der Waals surface area contributed by atoms with Crippen LogP contribution in [0.1, 0.15) is 32.6 Å². The minimum Gasteiger partial charge on any atom is -0.342 e. The van der Waals surface area contributed by atoms with Crippen molar-refractivity contribution < 1.29 is 4.79 Å². The SMILES string of the molecule is CCN(CC(=O)N(C)C1CC1)CC1CCCNC1. The predicted molar refractivity (Wildman–Crippen MR) is 73.5 cm³/mol. The quantitative estimate of drug-likeness (QED) is 0.765. The van der Waals surface area contributed by atoms with E-state index >= 15 is 0 Å². The Bertz CT molecular complexity index is 272. The molecular formula is C14H27N3O. The standard InChI is InChI=1S/C14H27N3O/c1-3-17(10-12-5-4-8-15-9-12)11-14(18)16(2)13-6-7-13/h12-13,15H,3-11H2,1-2H3. The lowest BCUT2D eigenvalue weighted by atomic mass is 9.99. The Balaban J connectivity index is 1.74. The highest BCUT2D eigenvalue weighted by Gasteiger charge is 2.30. The van der Waals surface area contributed by atoms with Crippen molar-refractivity contribution in [3.63, 3.8) is 0 Å². The molecule has 4 heteroatoms. The van der Waals surface area contributed by atoms with Gasteiger partial charge in [-0.25, -0.2) is 0 Å². The van der Waals surface area contributed by atoms with Crippen LogP contribution in [0.3, 0.4) is 0 Å². The van der Waals surface area contributed by atoms with Crippen LogP contribution in [0.15, 0.2) is 0 Å². The molecule has 1 saturated carbocycles. The van der Waals surface area contributed by atoms with E-state index in [0.717, 1.165) is 32.1 Å². The topological polar surface area (TPSA) is 35.6 Å². The average Bonchev–Trinajstić information content (AvgIpc) is 3.22. The molecule has 1 heterocycles. The molecular weight excluding hydrogens is 226 g/mol. The molecule has 0 aromatic heterocycles. The van der Waals surface area contributed by atoms with Crippen molar-refractivity contribution in [2.24, 2.45) is 5.92 Å². The zero-order valence-corrected chi connectivity index (χ0v) is 11.8. The fraction of sp³-hybridized carbons (Fsp3) is 0.929. The fourth-order valence-corrected chi connectivity index (χ4v) is 2.72. The Morgan fingerprint density at radius 2 is 2.11 bits per heavy atom. The second kappa shape index (κ2) is 6.53. The van der Waals surface area contributed by atoms with E-state index in [1.807, 2.05) is 11.9 Å². The molecule has 2 fully saturated rings. The van der Waals surface area contributed by atoms with Crippen molar-refractivity contribution in [3.05, 3.63) is 0 Å². The van der Waals surface area contributed by atoms with Gasteiger partial charge in [0, 0.05) is 19.6 Å². The van der Waals surface area contributed by atoms with Crippen LogP contribution >= 0.6 is 0 Å². The normalized spacial score (nSPS) is 24.3. The Morgan fingerprint density at radius 3 is 2.67 bits per heavy atom. The maximum Gasteiger partial charge on any atom is 0.236 e. The second-order valence-corrected chi connectivity index (χ2v) is 5.78. The first-order valence-electron chi connectivity index (χ1n) is 7.39. The van der Waals surface area contributed by atoms with E-state index in [1.54, 1.807) is 0 Å². The number of piperidine rings is 1. The van der Waals surface area contributed by atoms with Gasteiger partial charge in [-0.05, 0) is 51.2 Å². The number of rotatable bonds is 6. The van der Waals surface area contributed by atoms with Gasteiger partial charge in [-0.3, -0.25) is 9.69 Å². The fourth-order valence-electron chi connectivity index (χ4n) is 2.72. The van der Waals surface area contributed by atoms with E-state index in [4.69, 9.17) is 0 Å². The third kappa shape index (κ3) is 3.95. The van der Waals surface area contributed by atoms with Crippen LogP contribution in [0.5, 0.6) is 0 Å². The molecule has 1 atom stereocenters. The summed E-state index contributed by atoms with van der Waals surface area (Å²) in [5.41, 5.74) is 0. The molecule has 104 valence electrons. The van der Waals surface area contributed by atoms with Crippen LogP contribution in [-0.4, -0.2) is 61.5 Å². The van der Waals surface area contributed by atoms with Crippen molar-refractivity contribution in [1.82, 2.24) is 15.1 Å². The average molecular weight is 253 g/mol. The third-order valence-corrected chi connectivity index (χ3v) is 4.21. The first-order chi connectivity index (χ1) is 8.70. The molecule has 1 aliphatic carbocycles. The van der Waals surface area contributed by atoms with Gasteiger partial charge in [-0.15, -0.1) is 0 Å². The molecule has 2 aliphatic rings. The van der Waals surface area contributed by atoms with Gasteiger partial charge in [0.15, 0.2) is 0 Å². The second-order valence-electron chi connectivity index (χ2n) is 5.78. The Kier molecular flexibility index (Phi) is 5.01. The van der Waals surface area contributed by atoms with Gasteiger partial charge >= 0.3 is 0 Å². The molecule has 0 radical (unpaired) electrons. The summed E-state index contributed by atoms with van der Waals surface area (Å²) in [5.74, 6) is 1.01. The first kappa shape index (κ1) is 13.8. The van der Waals surface area contributed by atoms with Crippen molar-refractivity contribution >= 4 is 5.91 Å². The van der Waals surface area contributed by atoms with Gasteiger partial charge in [-0.2, -0.15) is 0 Å². The summed E-state index contributed by atoms with van der Waals surface area (Å²) in [6.07, 6.45) is 4.97. The number of likely N-dealkylation sites (N-methyl/N-ethyl adjacent to an activating group) is 2. The van der Waals surface area contributed by atoms with E-state index < -0.39 is 0 Å². The van der Waals surface area contributed by atoms with E-state index in [1.165, 1.54) is 25.7 Å². The van der Waals surface area contributed by atoms with Crippen LogP contribution in [-0.2, 0) is 4.79 Å². The number of nitrogens with zero attached hydrogens (tertiary/aromatic N) is 2. The summed E-state index contributed by atoms with van der Waals surface area (Å²) >= 11 is 0. The Labute approximate surface area is 111 Å².